The fourth-order valence-electron chi connectivity index (χ4n) is 1.42. The number of aromatic amines is 1. The largest absolute Gasteiger partial charge is 0.207 e. The van der Waals surface area contributed by atoms with Crippen LogP contribution in [0.15, 0.2) is 24.3 Å². The van der Waals surface area contributed by atoms with Gasteiger partial charge >= 0.3 is 0 Å². The van der Waals surface area contributed by atoms with Crippen molar-refractivity contribution in [3.05, 3.63) is 41.5 Å². The Morgan fingerprint density at radius 1 is 1.20 bits per heavy atom. The molecular formula is C10H11FN4. The van der Waals surface area contributed by atoms with Crippen molar-refractivity contribution >= 4 is 0 Å². The highest BCUT2D eigenvalue weighted by molar-refractivity contribution is 5.30. The highest BCUT2D eigenvalue weighted by Crippen LogP contribution is 2.27. The molecule has 0 saturated carbocycles. The number of nitrogens with one attached hydrogen (secondary N) is 1. The molecule has 0 unspecified atom stereocenters. The maximum atomic E-state index is 12.8. The fraction of sp³-hybridized carbons (Fsp3) is 0.300. The van der Waals surface area contributed by atoms with Crippen LogP contribution in [0.5, 0.6) is 0 Å². The van der Waals surface area contributed by atoms with Gasteiger partial charge in [0.25, 0.3) is 0 Å². The minimum atomic E-state index is -0.374. The number of hydrogen-bond donors (Lipinski definition) is 1. The van der Waals surface area contributed by atoms with Crippen LogP contribution in [0.2, 0.25) is 0 Å². The van der Waals surface area contributed by atoms with Crippen LogP contribution >= 0.6 is 0 Å². The lowest BCUT2D eigenvalue weighted by molar-refractivity contribution is 0.584. The zero-order chi connectivity index (χ0) is 10.9. The Morgan fingerprint density at radius 3 is 2.40 bits per heavy atom. The Labute approximate surface area is 86.5 Å². The summed E-state index contributed by atoms with van der Waals surface area (Å²) in [6.45, 7) is 3.93. The minimum Gasteiger partial charge on any atom is -0.207 e. The molecule has 0 radical (unpaired) electrons. The molecule has 0 bridgehead atoms. The first-order valence-electron chi connectivity index (χ1n) is 4.60. The van der Waals surface area contributed by atoms with E-state index in [4.69, 9.17) is 0 Å². The van der Waals surface area contributed by atoms with Crippen LogP contribution in [0.25, 0.3) is 0 Å². The van der Waals surface area contributed by atoms with Gasteiger partial charge < -0.3 is 0 Å². The molecule has 78 valence electrons. The van der Waals surface area contributed by atoms with Crippen molar-refractivity contribution in [3.63, 3.8) is 0 Å². The van der Waals surface area contributed by atoms with Crippen molar-refractivity contribution in [1.29, 1.82) is 0 Å². The molecule has 5 heteroatoms. The van der Waals surface area contributed by atoms with E-state index < -0.39 is 0 Å². The van der Waals surface area contributed by atoms with Crippen LogP contribution < -0.4 is 0 Å². The van der Waals surface area contributed by atoms with Gasteiger partial charge in [0.2, 0.25) is 0 Å². The highest BCUT2D eigenvalue weighted by atomic mass is 19.1. The van der Waals surface area contributed by atoms with Gasteiger partial charge in [-0.25, -0.2) is 4.39 Å². The normalized spacial score (nSPS) is 11.7. The van der Waals surface area contributed by atoms with Crippen LogP contribution in [-0.4, -0.2) is 20.6 Å². The summed E-state index contributed by atoms with van der Waals surface area (Å²) in [6.07, 6.45) is 0. The predicted molar refractivity (Wildman–Crippen MR) is 52.7 cm³/mol. The third kappa shape index (κ3) is 1.72. The standard InChI is InChI=1S/C10H11FN4/c1-10(2,9-12-14-15-13-9)7-3-5-8(11)6-4-7/h3-6H,1-2H3,(H,12,13,14,15). The van der Waals surface area contributed by atoms with Crippen LogP contribution in [0.4, 0.5) is 4.39 Å². The third-order valence-corrected chi connectivity index (χ3v) is 2.47. The van der Waals surface area contributed by atoms with E-state index in [2.05, 4.69) is 20.6 Å². The van der Waals surface area contributed by atoms with Gasteiger partial charge in [-0.2, -0.15) is 5.21 Å². The number of nitrogens with zero attached hydrogens (tertiary/aromatic N) is 3. The van der Waals surface area contributed by atoms with Crippen molar-refractivity contribution in [2.45, 2.75) is 19.3 Å². The maximum absolute atomic E-state index is 12.8. The average molecular weight is 206 g/mol. The lowest BCUT2D eigenvalue weighted by atomic mass is 9.84. The van der Waals surface area contributed by atoms with E-state index in [0.29, 0.717) is 5.82 Å². The van der Waals surface area contributed by atoms with Crippen LogP contribution in [-0.2, 0) is 5.41 Å². The monoisotopic (exact) mass is 206 g/mol. The second-order valence-corrected chi connectivity index (χ2v) is 3.87. The maximum Gasteiger partial charge on any atom is 0.184 e. The summed E-state index contributed by atoms with van der Waals surface area (Å²) in [7, 11) is 0. The van der Waals surface area contributed by atoms with E-state index in [1.54, 1.807) is 12.1 Å². The Morgan fingerprint density at radius 2 is 1.87 bits per heavy atom. The molecule has 2 aromatic rings. The molecule has 1 heterocycles. The van der Waals surface area contributed by atoms with Gasteiger partial charge in [0.15, 0.2) is 5.82 Å². The zero-order valence-corrected chi connectivity index (χ0v) is 8.53. The quantitative estimate of drug-likeness (QED) is 0.813. The topological polar surface area (TPSA) is 54.5 Å². The lowest BCUT2D eigenvalue weighted by Crippen LogP contribution is -2.20. The molecule has 1 aromatic heterocycles. The Bertz CT molecular complexity index is 433. The van der Waals surface area contributed by atoms with Crippen molar-refractivity contribution in [2.24, 2.45) is 0 Å². The summed E-state index contributed by atoms with van der Waals surface area (Å²) in [6, 6.07) is 6.31. The van der Waals surface area contributed by atoms with Crippen molar-refractivity contribution in [3.8, 4) is 0 Å². The average Bonchev–Trinajstić information content (AvgIpc) is 2.71. The van der Waals surface area contributed by atoms with E-state index in [1.807, 2.05) is 13.8 Å². The zero-order valence-electron chi connectivity index (χ0n) is 8.53. The predicted octanol–water partition coefficient (Wildman–Crippen LogP) is 1.66. The van der Waals surface area contributed by atoms with E-state index in [1.165, 1.54) is 12.1 Å². The Balaban J connectivity index is 2.41. The molecule has 0 spiro atoms. The number of aromatic nitrogens is 4. The molecule has 1 aromatic carbocycles. The molecule has 15 heavy (non-hydrogen) atoms. The number of tetrazole rings is 1. The summed E-state index contributed by atoms with van der Waals surface area (Å²) >= 11 is 0. The smallest absolute Gasteiger partial charge is 0.184 e. The second kappa shape index (κ2) is 3.42. The first-order chi connectivity index (χ1) is 7.10. The summed E-state index contributed by atoms with van der Waals surface area (Å²) in [4.78, 5) is 0. The van der Waals surface area contributed by atoms with Gasteiger partial charge in [-0.1, -0.05) is 17.3 Å². The number of benzene rings is 1. The Hall–Kier alpha value is -1.78. The van der Waals surface area contributed by atoms with Crippen molar-refractivity contribution in [2.75, 3.05) is 0 Å². The lowest BCUT2D eigenvalue weighted by Gasteiger charge is -2.20. The summed E-state index contributed by atoms with van der Waals surface area (Å²) in [5.74, 6) is 0.344. The SMILES string of the molecule is CC(C)(c1ccc(F)cc1)c1nn[nH]n1. The molecule has 0 aliphatic carbocycles. The number of H-pyrrole nitrogens is 1. The van der Waals surface area contributed by atoms with E-state index >= 15 is 0 Å². The first-order valence-corrected chi connectivity index (χ1v) is 4.60. The second-order valence-electron chi connectivity index (χ2n) is 3.87. The van der Waals surface area contributed by atoms with Gasteiger partial charge in [0.05, 0.1) is 5.41 Å². The molecular weight excluding hydrogens is 195 g/mol. The third-order valence-electron chi connectivity index (χ3n) is 2.47. The molecule has 1 N–H and O–H groups in total. The van der Waals surface area contributed by atoms with E-state index in [9.17, 15) is 4.39 Å². The minimum absolute atomic E-state index is 0.248. The van der Waals surface area contributed by atoms with Gasteiger partial charge in [-0.05, 0) is 31.5 Å². The van der Waals surface area contributed by atoms with Crippen LogP contribution in [0, 0.1) is 5.82 Å². The summed E-state index contributed by atoms with van der Waals surface area (Å²) < 4.78 is 12.8. The van der Waals surface area contributed by atoms with E-state index in [0.717, 1.165) is 5.56 Å². The summed E-state index contributed by atoms with van der Waals surface area (Å²) in [5, 5.41) is 13.8. The molecule has 0 amide bonds. The fourth-order valence-corrected chi connectivity index (χ4v) is 1.42. The molecule has 0 fully saturated rings. The Kier molecular flexibility index (Phi) is 2.22. The molecule has 0 aliphatic rings. The highest BCUT2D eigenvalue weighted by Gasteiger charge is 2.27. The molecule has 4 nitrogen and oxygen atoms in total. The van der Waals surface area contributed by atoms with Gasteiger partial charge in [-0.3, -0.25) is 0 Å². The van der Waals surface area contributed by atoms with Gasteiger partial charge in [-0.15, -0.1) is 10.2 Å². The van der Waals surface area contributed by atoms with Gasteiger partial charge in [0, 0.05) is 0 Å². The number of halogens is 1. The molecule has 2 rings (SSSR count). The molecule has 0 aliphatic heterocycles. The van der Waals surface area contributed by atoms with Crippen LogP contribution in [0.3, 0.4) is 0 Å². The van der Waals surface area contributed by atoms with Crippen molar-refractivity contribution < 1.29 is 4.39 Å². The number of hydrogen-bond acceptors (Lipinski definition) is 3. The number of rotatable bonds is 2. The summed E-state index contributed by atoms with van der Waals surface area (Å²) in [5.41, 5.74) is 0.575. The van der Waals surface area contributed by atoms with Gasteiger partial charge in [0.1, 0.15) is 5.82 Å². The van der Waals surface area contributed by atoms with E-state index in [-0.39, 0.29) is 11.2 Å². The molecule has 0 saturated heterocycles. The van der Waals surface area contributed by atoms with Crippen molar-refractivity contribution in [1.82, 2.24) is 20.6 Å². The molecule has 0 atom stereocenters. The first kappa shape index (κ1) is 9.76. The van der Waals surface area contributed by atoms with Crippen LogP contribution in [0.1, 0.15) is 25.2 Å².